The van der Waals surface area contributed by atoms with Crippen LogP contribution in [0, 0.1) is 5.92 Å². The second kappa shape index (κ2) is 9.28. The summed E-state index contributed by atoms with van der Waals surface area (Å²) in [6, 6.07) is 0.397. The van der Waals surface area contributed by atoms with Gasteiger partial charge in [0.25, 0.3) is 0 Å². The first-order valence-electron chi connectivity index (χ1n) is 6.60. The van der Waals surface area contributed by atoms with E-state index in [1.165, 1.54) is 0 Å². The standard InChI is InChI=1S/C13H29N3O/c1-7-17-12(10(2)3)8-9-15-13(14-6)16-11(4)5/h10-12H,7-9H2,1-6H3,(H2,14,15,16). The van der Waals surface area contributed by atoms with Crippen molar-refractivity contribution in [3.05, 3.63) is 0 Å². The van der Waals surface area contributed by atoms with Crippen LogP contribution >= 0.6 is 0 Å². The Balaban J connectivity index is 3.93. The predicted molar refractivity (Wildman–Crippen MR) is 74.5 cm³/mol. The molecule has 0 heterocycles. The molecule has 0 saturated carbocycles. The first kappa shape index (κ1) is 16.2. The normalized spacial score (nSPS) is 14.2. The van der Waals surface area contributed by atoms with Crippen molar-refractivity contribution in [2.75, 3.05) is 20.2 Å². The van der Waals surface area contributed by atoms with Crippen LogP contribution in [-0.2, 0) is 4.74 Å². The van der Waals surface area contributed by atoms with Crippen LogP contribution in [0.2, 0.25) is 0 Å². The van der Waals surface area contributed by atoms with Gasteiger partial charge in [0.15, 0.2) is 5.96 Å². The third-order valence-corrected chi connectivity index (χ3v) is 2.49. The van der Waals surface area contributed by atoms with E-state index in [1.807, 2.05) is 6.92 Å². The van der Waals surface area contributed by atoms with Gasteiger partial charge in [-0.1, -0.05) is 13.8 Å². The Hall–Kier alpha value is -0.770. The Labute approximate surface area is 106 Å². The first-order chi connectivity index (χ1) is 8.01. The number of rotatable bonds is 7. The highest BCUT2D eigenvalue weighted by Gasteiger charge is 2.12. The quantitative estimate of drug-likeness (QED) is 0.531. The molecule has 0 bridgehead atoms. The summed E-state index contributed by atoms with van der Waals surface area (Å²) in [6.45, 7) is 12.3. The molecule has 0 aliphatic heterocycles. The number of hydrogen-bond acceptors (Lipinski definition) is 2. The summed E-state index contributed by atoms with van der Waals surface area (Å²) in [6.07, 6.45) is 1.33. The van der Waals surface area contributed by atoms with E-state index < -0.39 is 0 Å². The van der Waals surface area contributed by atoms with Crippen LogP contribution in [0.3, 0.4) is 0 Å². The van der Waals surface area contributed by atoms with Gasteiger partial charge in [0, 0.05) is 26.2 Å². The molecule has 17 heavy (non-hydrogen) atoms. The van der Waals surface area contributed by atoms with Crippen LogP contribution in [0.4, 0.5) is 0 Å². The molecule has 0 aromatic heterocycles. The minimum Gasteiger partial charge on any atom is -0.378 e. The molecule has 1 unspecified atom stereocenters. The van der Waals surface area contributed by atoms with Crippen molar-refractivity contribution >= 4 is 5.96 Å². The molecule has 0 aliphatic carbocycles. The third kappa shape index (κ3) is 8.02. The molecule has 0 aliphatic rings. The molecule has 0 aromatic rings. The van der Waals surface area contributed by atoms with Crippen molar-refractivity contribution in [1.29, 1.82) is 0 Å². The average molecular weight is 243 g/mol. The highest BCUT2D eigenvalue weighted by Crippen LogP contribution is 2.09. The van der Waals surface area contributed by atoms with Gasteiger partial charge in [-0.05, 0) is 33.1 Å². The molecule has 4 heteroatoms. The molecule has 0 spiro atoms. The van der Waals surface area contributed by atoms with Crippen LogP contribution < -0.4 is 10.6 Å². The monoisotopic (exact) mass is 243 g/mol. The maximum absolute atomic E-state index is 5.70. The minimum atomic E-state index is 0.324. The van der Waals surface area contributed by atoms with E-state index >= 15 is 0 Å². The van der Waals surface area contributed by atoms with Crippen molar-refractivity contribution in [3.63, 3.8) is 0 Å². The van der Waals surface area contributed by atoms with Crippen LogP contribution in [0.15, 0.2) is 4.99 Å². The zero-order chi connectivity index (χ0) is 13.3. The number of nitrogens with zero attached hydrogens (tertiary/aromatic N) is 1. The number of guanidine groups is 1. The van der Waals surface area contributed by atoms with Crippen LogP contribution in [0.1, 0.15) is 41.0 Å². The van der Waals surface area contributed by atoms with Crippen LogP contribution in [0.25, 0.3) is 0 Å². The van der Waals surface area contributed by atoms with Gasteiger partial charge in [0.05, 0.1) is 6.10 Å². The largest absolute Gasteiger partial charge is 0.378 e. The summed E-state index contributed by atoms with van der Waals surface area (Å²) in [7, 11) is 1.79. The highest BCUT2D eigenvalue weighted by molar-refractivity contribution is 5.79. The number of nitrogens with one attached hydrogen (secondary N) is 2. The summed E-state index contributed by atoms with van der Waals surface area (Å²) < 4.78 is 5.70. The van der Waals surface area contributed by atoms with E-state index in [2.05, 4.69) is 43.3 Å². The molecule has 0 saturated heterocycles. The van der Waals surface area contributed by atoms with E-state index in [4.69, 9.17) is 4.74 Å². The number of ether oxygens (including phenoxy) is 1. The van der Waals surface area contributed by atoms with Gasteiger partial charge >= 0.3 is 0 Å². The van der Waals surface area contributed by atoms with Crippen LogP contribution in [-0.4, -0.2) is 38.3 Å². The zero-order valence-corrected chi connectivity index (χ0v) is 12.2. The molecule has 102 valence electrons. The van der Waals surface area contributed by atoms with E-state index in [1.54, 1.807) is 7.05 Å². The van der Waals surface area contributed by atoms with Crippen molar-refractivity contribution in [2.45, 2.75) is 53.2 Å². The van der Waals surface area contributed by atoms with Crippen LogP contribution in [0.5, 0.6) is 0 Å². The topological polar surface area (TPSA) is 45.6 Å². The zero-order valence-electron chi connectivity index (χ0n) is 12.2. The van der Waals surface area contributed by atoms with Gasteiger partial charge in [-0.15, -0.1) is 0 Å². The highest BCUT2D eigenvalue weighted by atomic mass is 16.5. The molecular formula is C13H29N3O. The van der Waals surface area contributed by atoms with E-state index in [0.29, 0.717) is 18.1 Å². The second-order valence-corrected chi connectivity index (χ2v) is 4.82. The molecule has 0 fully saturated rings. The maximum Gasteiger partial charge on any atom is 0.191 e. The number of aliphatic imine (C=N–C) groups is 1. The Bertz CT molecular complexity index is 215. The maximum atomic E-state index is 5.70. The molecular weight excluding hydrogens is 214 g/mol. The van der Waals surface area contributed by atoms with E-state index in [0.717, 1.165) is 25.5 Å². The molecule has 0 aromatic carbocycles. The summed E-state index contributed by atoms with van der Waals surface area (Å²) in [5.74, 6) is 1.41. The summed E-state index contributed by atoms with van der Waals surface area (Å²) in [5.41, 5.74) is 0. The molecule has 0 amide bonds. The smallest absolute Gasteiger partial charge is 0.191 e. The van der Waals surface area contributed by atoms with Gasteiger partial charge in [-0.25, -0.2) is 0 Å². The lowest BCUT2D eigenvalue weighted by atomic mass is 10.0. The SMILES string of the molecule is CCOC(CCNC(=NC)NC(C)C)C(C)C. The fourth-order valence-electron chi connectivity index (χ4n) is 1.62. The lowest BCUT2D eigenvalue weighted by molar-refractivity contribution is 0.0258. The Morgan fingerprint density at radius 1 is 1.24 bits per heavy atom. The number of hydrogen-bond donors (Lipinski definition) is 2. The second-order valence-electron chi connectivity index (χ2n) is 4.82. The van der Waals surface area contributed by atoms with Crippen molar-refractivity contribution in [3.8, 4) is 0 Å². The Kier molecular flexibility index (Phi) is 8.86. The summed E-state index contributed by atoms with van der Waals surface area (Å²) in [5, 5.41) is 6.57. The average Bonchev–Trinajstić information content (AvgIpc) is 2.25. The fourth-order valence-corrected chi connectivity index (χ4v) is 1.62. The minimum absolute atomic E-state index is 0.324. The van der Waals surface area contributed by atoms with Gasteiger partial charge < -0.3 is 15.4 Å². The van der Waals surface area contributed by atoms with Crippen molar-refractivity contribution < 1.29 is 4.74 Å². The fraction of sp³-hybridized carbons (Fsp3) is 0.923. The van der Waals surface area contributed by atoms with E-state index in [9.17, 15) is 0 Å². The summed E-state index contributed by atoms with van der Waals surface area (Å²) in [4.78, 5) is 4.17. The lowest BCUT2D eigenvalue weighted by Gasteiger charge is -2.22. The molecule has 2 N–H and O–H groups in total. The van der Waals surface area contributed by atoms with Crippen molar-refractivity contribution in [2.24, 2.45) is 10.9 Å². The predicted octanol–water partition coefficient (Wildman–Crippen LogP) is 2.01. The molecule has 1 atom stereocenters. The lowest BCUT2D eigenvalue weighted by Crippen LogP contribution is -2.42. The van der Waals surface area contributed by atoms with Gasteiger partial charge in [0.2, 0.25) is 0 Å². The molecule has 0 radical (unpaired) electrons. The van der Waals surface area contributed by atoms with E-state index in [-0.39, 0.29) is 0 Å². The first-order valence-corrected chi connectivity index (χ1v) is 6.60. The van der Waals surface area contributed by atoms with Gasteiger partial charge in [-0.2, -0.15) is 0 Å². The Morgan fingerprint density at radius 2 is 1.88 bits per heavy atom. The Morgan fingerprint density at radius 3 is 2.29 bits per heavy atom. The summed E-state index contributed by atoms with van der Waals surface area (Å²) >= 11 is 0. The van der Waals surface area contributed by atoms with Crippen molar-refractivity contribution in [1.82, 2.24) is 10.6 Å². The van der Waals surface area contributed by atoms with Gasteiger partial charge in [-0.3, -0.25) is 4.99 Å². The third-order valence-electron chi connectivity index (χ3n) is 2.49. The molecule has 0 rings (SSSR count). The van der Waals surface area contributed by atoms with Gasteiger partial charge in [0.1, 0.15) is 0 Å². The molecule has 4 nitrogen and oxygen atoms in total.